The SMILES string of the molecule is COCCS(=O)(=O)N[C@@H](CC(=O)OC)C(=O)O. The van der Waals surface area contributed by atoms with E-state index in [2.05, 4.69) is 9.47 Å². The van der Waals surface area contributed by atoms with Gasteiger partial charge in [0.2, 0.25) is 10.0 Å². The second-order valence-electron chi connectivity index (χ2n) is 3.10. The molecule has 0 bridgehead atoms. The number of ether oxygens (including phenoxy) is 2. The molecule has 0 saturated heterocycles. The van der Waals surface area contributed by atoms with E-state index in [0.29, 0.717) is 0 Å². The summed E-state index contributed by atoms with van der Waals surface area (Å²) in [5, 5.41) is 8.74. The smallest absolute Gasteiger partial charge is 0.322 e. The predicted molar refractivity (Wildman–Crippen MR) is 56.9 cm³/mol. The molecule has 8 nitrogen and oxygen atoms in total. The van der Waals surface area contributed by atoms with Crippen molar-refractivity contribution in [2.45, 2.75) is 12.5 Å². The minimum Gasteiger partial charge on any atom is -0.480 e. The number of hydrogen-bond acceptors (Lipinski definition) is 6. The molecule has 0 fully saturated rings. The van der Waals surface area contributed by atoms with Crippen LogP contribution in [0, 0.1) is 0 Å². The van der Waals surface area contributed by atoms with E-state index in [1.165, 1.54) is 7.11 Å². The molecule has 0 spiro atoms. The minimum absolute atomic E-state index is 0.0695. The van der Waals surface area contributed by atoms with Crippen molar-refractivity contribution >= 4 is 22.0 Å². The van der Waals surface area contributed by atoms with Gasteiger partial charge in [-0.25, -0.2) is 13.1 Å². The highest BCUT2D eigenvalue weighted by Crippen LogP contribution is 1.98. The zero-order valence-corrected chi connectivity index (χ0v) is 10.3. The lowest BCUT2D eigenvalue weighted by Crippen LogP contribution is -2.43. The molecule has 2 N–H and O–H groups in total. The number of nitrogens with one attached hydrogen (secondary N) is 1. The molecule has 0 aliphatic carbocycles. The Balaban J connectivity index is 4.54. The van der Waals surface area contributed by atoms with E-state index in [1.807, 2.05) is 4.72 Å². The van der Waals surface area contributed by atoms with Crippen LogP contribution in [0.25, 0.3) is 0 Å². The Hall–Kier alpha value is -1.19. The average molecular weight is 269 g/mol. The van der Waals surface area contributed by atoms with Crippen molar-refractivity contribution in [2.24, 2.45) is 0 Å². The Kier molecular flexibility index (Phi) is 6.69. The molecule has 0 aliphatic rings. The molecule has 100 valence electrons. The third-order valence-electron chi connectivity index (χ3n) is 1.77. The summed E-state index contributed by atoms with van der Waals surface area (Å²) in [5.41, 5.74) is 0. The van der Waals surface area contributed by atoms with Gasteiger partial charge in [-0.15, -0.1) is 0 Å². The van der Waals surface area contributed by atoms with Gasteiger partial charge in [-0.2, -0.15) is 0 Å². The topological polar surface area (TPSA) is 119 Å². The summed E-state index contributed by atoms with van der Waals surface area (Å²) in [7, 11) is -1.40. The highest BCUT2D eigenvalue weighted by Gasteiger charge is 2.26. The van der Waals surface area contributed by atoms with E-state index in [1.54, 1.807) is 0 Å². The molecule has 0 amide bonds. The summed E-state index contributed by atoms with van der Waals surface area (Å²) >= 11 is 0. The molecule has 1 atom stereocenters. The van der Waals surface area contributed by atoms with Crippen LogP contribution >= 0.6 is 0 Å². The first-order chi connectivity index (χ1) is 7.82. The third kappa shape index (κ3) is 6.87. The zero-order chi connectivity index (χ0) is 13.5. The van der Waals surface area contributed by atoms with E-state index in [4.69, 9.17) is 5.11 Å². The number of aliphatic carboxylic acids is 1. The fraction of sp³-hybridized carbons (Fsp3) is 0.750. The molecule has 0 saturated carbocycles. The van der Waals surface area contributed by atoms with Crippen LogP contribution in [0.5, 0.6) is 0 Å². The van der Waals surface area contributed by atoms with Crippen molar-refractivity contribution in [3.63, 3.8) is 0 Å². The van der Waals surface area contributed by atoms with E-state index in [9.17, 15) is 18.0 Å². The number of carboxylic acids is 1. The van der Waals surface area contributed by atoms with E-state index in [-0.39, 0.29) is 12.4 Å². The number of carboxylic acid groups (broad SMARTS) is 1. The van der Waals surface area contributed by atoms with Crippen LogP contribution in [0.3, 0.4) is 0 Å². The lowest BCUT2D eigenvalue weighted by molar-refractivity contribution is -0.147. The number of methoxy groups -OCH3 is 2. The number of carbonyl (C=O) groups is 2. The number of hydrogen-bond donors (Lipinski definition) is 2. The molecule has 0 aromatic carbocycles. The Bertz CT molecular complexity index is 364. The van der Waals surface area contributed by atoms with Gasteiger partial charge in [-0.1, -0.05) is 0 Å². The molecular weight excluding hydrogens is 254 g/mol. The van der Waals surface area contributed by atoms with Crippen LogP contribution in [0.15, 0.2) is 0 Å². The summed E-state index contributed by atoms with van der Waals surface area (Å²) in [5.74, 6) is -2.64. The largest absolute Gasteiger partial charge is 0.480 e. The lowest BCUT2D eigenvalue weighted by Gasteiger charge is -2.13. The Morgan fingerprint density at radius 2 is 1.94 bits per heavy atom. The van der Waals surface area contributed by atoms with E-state index >= 15 is 0 Å². The van der Waals surface area contributed by atoms with Gasteiger partial charge in [-0.05, 0) is 0 Å². The normalized spacial score (nSPS) is 13.1. The maximum absolute atomic E-state index is 11.4. The standard InChI is InChI=1S/C8H15NO7S/c1-15-3-4-17(13,14)9-6(8(11)12)5-7(10)16-2/h6,9H,3-5H2,1-2H3,(H,11,12)/t6-/m0/s1. The van der Waals surface area contributed by atoms with Gasteiger partial charge in [-0.3, -0.25) is 9.59 Å². The molecule has 0 aromatic heterocycles. The lowest BCUT2D eigenvalue weighted by atomic mass is 10.2. The van der Waals surface area contributed by atoms with Gasteiger partial charge in [0.25, 0.3) is 0 Å². The van der Waals surface area contributed by atoms with Crippen molar-refractivity contribution in [1.82, 2.24) is 4.72 Å². The van der Waals surface area contributed by atoms with Gasteiger partial charge in [0.05, 0.1) is 25.9 Å². The quantitative estimate of drug-likeness (QED) is 0.518. The fourth-order valence-corrected chi connectivity index (χ4v) is 2.02. The van der Waals surface area contributed by atoms with Gasteiger partial charge < -0.3 is 14.6 Å². The van der Waals surface area contributed by atoms with Gasteiger partial charge in [0.1, 0.15) is 6.04 Å². The number of carbonyl (C=O) groups excluding carboxylic acids is 1. The zero-order valence-electron chi connectivity index (χ0n) is 9.50. The molecule has 17 heavy (non-hydrogen) atoms. The monoisotopic (exact) mass is 269 g/mol. The van der Waals surface area contributed by atoms with Crippen molar-refractivity contribution in [3.05, 3.63) is 0 Å². The first-order valence-corrected chi connectivity index (χ1v) is 6.26. The number of sulfonamides is 1. The fourth-order valence-electron chi connectivity index (χ4n) is 0.898. The van der Waals surface area contributed by atoms with E-state index < -0.39 is 34.4 Å². The molecular formula is C8H15NO7S. The maximum Gasteiger partial charge on any atom is 0.322 e. The first-order valence-electron chi connectivity index (χ1n) is 4.61. The molecule has 0 rings (SSSR count). The molecule has 9 heteroatoms. The average Bonchev–Trinajstić information content (AvgIpc) is 2.25. The van der Waals surface area contributed by atoms with Crippen LogP contribution in [-0.2, 0) is 29.1 Å². The summed E-state index contributed by atoms with van der Waals surface area (Å²) in [6.45, 7) is -0.0695. The van der Waals surface area contributed by atoms with Crippen molar-refractivity contribution in [3.8, 4) is 0 Å². The first kappa shape index (κ1) is 15.8. The molecule has 0 radical (unpaired) electrons. The molecule has 0 aliphatic heterocycles. The summed E-state index contributed by atoms with van der Waals surface area (Å²) in [6.07, 6.45) is -0.571. The van der Waals surface area contributed by atoms with E-state index in [0.717, 1.165) is 7.11 Å². The Labute approximate surface area is 98.9 Å². The summed E-state index contributed by atoms with van der Waals surface area (Å²) in [4.78, 5) is 21.6. The van der Waals surface area contributed by atoms with Gasteiger partial charge >= 0.3 is 11.9 Å². The Morgan fingerprint density at radius 3 is 2.35 bits per heavy atom. The number of esters is 1. The molecule has 0 heterocycles. The highest BCUT2D eigenvalue weighted by molar-refractivity contribution is 7.89. The van der Waals surface area contributed by atoms with Gasteiger partial charge in [0, 0.05) is 7.11 Å². The van der Waals surface area contributed by atoms with Crippen LogP contribution < -0.4 is 4.72 Å². The minimum atomic E-state index is -3.81. The second kappa shape index (κ2) is 7.20. The second-order valence-corrected chi connectivity index (χ2v) is 4.97. The number of rotatable bonds is 8. The summed E-state index contributed by atoms with van der Waals surface area (Å²) < 4.78 is 33.4. The molecule has 0 aromatic rings. The van der Waals surface area contributed by atoms with Crippen LogP contribution in [-0.4, -0.2) is 58.1 Å². The summed E-state index contributed by atoms with van der Waals surface area (Å²) in [6, 6.07) is -1.54. The third-order valence-corrected chi connectivity index (χ3v) is 3.12. The molecule has 0 unspecified atom stereocenters. The highest BCUT2D eigenvalue weighted by atomic mass is 32.2. The van der Waals surface area contributed by atoms with Crippen molar-refractivity contribution in [1.29, 1.82) is 0 Å². The van der Waals surface area contributed by atoms with Crippen LogP contribution in [0.1, 0.15) is 6.42 Å². The predicted octanol–water partition coefficient (Wildman–Crippen LogP) is -1.43. The van der Waals surface area contributed by atoms with Crippen molar-refractivity contribution < 1.29 is 32.6 Å². The van der Waals surface area contributed by atoms with Gasteiger partial charge in [0.15, 0.2) is 0 Å². The van der Waals surface area contributed by atoms with Crippen LogP contribution in [0.2, 0.25) is 0 Å². The maximum atomic E-state index is 11.4. The Morgan fingerprint density at radius 1 is 1.35 bits per heavy atom. The van der Waals surface area contributed by atoms with Crippen molar-refractivity contribution in [2.75, 3.05) is 26.6 Å². The van der Waals surface area contributed by atoms with Crippen LogP contribution in [0.4, 0.5) is 0 Å².